The minimum absolute atomic E-state index is 0.668. The molecule has 0 atom stereocenters. The van der Waals surface area contributed by atoms with E-state index in [1.807, 2.05) is 0 Å². The molecule has 1 aromatic rings. The molecule has 3 nitrogen and oxygen atoms in total. The molecule has 2 fully saturated rings. The summed E-state index contributed by atoms with van der Waals surface area (Å²) in [6, 6.07) is 3.61. The summed E-state index contributed by atoms with van der Waals surface area (Å²) in [6.45, 7) is 0.949. The van der Waals surface area contributed by atoms with Crippen LogP contribution in [0.15, 0.2) is 12.3 Å². The maximum atomic E-state index is 4.72. The Balaban J connectivity index is 1.53. The summed E-state index contributed by atoms with van der Waals surface area (Å²) in [6.07, 6.45) is 13.1. The van der Waals surface area contributed by atoms with Gasteiger partial charge in [0.05, 0.1) is 11.7 Å². The van der Waals surface area contributed by atoms with Gasteiger partial charge in [-0.1, -0.05) is 25.7 Å². The van der Waals surface area contributed by atoms with Gasteiger partial charge in [-0.15, -0.1) is 0 Å². The first-order valence-corrected chi connectivity index (χ1v) is 7.19. The van der Waals surface area contributed by atoms with E-state index < -0.39 is 0 Å². The second-order valence-corrected chi connectivity index (χ2v) is 5.59. The van der Waals surface area contributed by atoms with Crippen LogP contribution in [0.4, 0.5) is 0 Å². The largest absolute Gasteiger partial charge is 0.308 e. The molecule has 94 valence electrons. The van der Waals surface area contributed by atoms with Gasteiger partial charge in [-0.2, -0.15) is 5.10 Å². The Morgan fingerprint density at radius 2 is 1.94 bits per heavy atom. The van der Waals surface area contributed by atoms with Crippen LogP contribution in [0.1, 0.15) is 63.1 Å². The summed E-state index contributed by atoms with van der Waals surface area (Å²) in [5.74, 6) is 0. The number of aromatic nitrogens is 2. The smallest absolute Gasteiger partial charge is 0.0762 e. The van der Waals surface area contributed by atoms with E-state index in [0.29, 0.717) is 6.04 Å². The Hall–Kier alpha value is -0.830. The van der Waals surface area contributed by atoms with Gasteiger partial charge in [-0.25, -0.2) is 0 Å². The molecular formula is C14H23N3. The summed E-state index contributed by atoms with van der Waals surface area (Å²) in [5, 5.41) is 8.29. The number of rotatable bonds is 4. The van der Waals surface area contributed by atoms with Crippen molar-refractivity contribution in [3.8, 4) is 0 Å². The van der Waals surface area contributed by atoms with E-state index in [1.54, 1.807) is 0 Å². The van der Waals surface area contributed by atoms with Gasteiger partial charge in [0, 0.05) is 18.8 Å². The molecule has 1 aromatic heterocycles. The maximum Gasteiger partial charge on any atom is 0.0762 e. The van der Waals surface area contributed by atoms with Crippen LogP contribution in [0.25, 0.3) is 0 Å². The van der Waals surface area contributed by atoms with Gasteiger partial charge in [-0.05, 0) is 31.7 Å². The van der Waals surface area contributed by atoms with Gasteiger partial charge in [0.1, 0.15) is 0 Å². The molecule has 2 aliphatic rings. The van der Waals surface area contributed by atoms with Crippen molar-refractivity contribution in [2.45, 2.75) is 70.0 Å². The Morgan fingerprint density at radius 1 is 1.12 bits per heavy atom. The van der Waals surface area contributed by atoms with Crippen LogP contribution in [-0.2, 0) is 6.54 Å². The summed E-state index contributed by atoms with van der Waals surface area (Å²) < 4.78 is 2.21. The van der Waals surface area contributed by atoms with Gasteiger partial charge in [0.2, 0.25) is 0 Å². The summed E-state index contributed by atoms with van der Waals surface area (Å²) >= 11 is 0. The Morgan fingerprint density at radius 3 is 2.65 bits per heavy atom. The van der Waals surface area contributed by atoms with Crippen LogP contribution in [-0.4, -0.2) is 15.8 Å². The van der Waals surface area contributed by atoms with Crippen molar-refractivity contribution in [3.05, 3.63) is 18.0 Å². The fourth-order valence-corrected chi connectivity index (χ4v) is 2.88. The molecule has 3 heteroatoms. The maximum absolute atomic E-state index is 4.72. The summed E-state index contributed by atoms with van der Waals surface area (Å²) in [7, 11) is 0. The lowest BCUT2D eigenvalue weighted by Gasteiger charge is -2.26. The molecule has 0 aromatic carbocycles. The van der Waals surface area contributed by atoms with Crippen LogP contribution >= 0.6 is 0 Å². The van der Waals surface area contributed by atoms with Crippen molar-refractivity contribution >= 4 is 0 Å². The fraction of sp³-hybridized carbons (Fsp3) is 0.786. The zero-order valence-electron chi connectivity index (χ0n) is 10.6. The van der Waals surface area contributed by atoms with Crippen LogP contribution < -0.4 is 5.32 Å². The number of nitrogens with zero attached hydrogens (tertiary/aromatic N) is 2. The molecule has 2 saturated carbocycles. The van der Waals surface area contributed by atoms with Crippen LogP contribution in [0.5, 0.6) is 0 Å². The summed E-state index contributed by atoms with van der Waals surface area (Å²) in [5.41, 5.74) is 1.21. The van der Waals surface area contributed by atoms with Gasteiger partial charge < -0.3 is 5.32 Å². The molecule has 17 heavy (non-hydrogen) atoms. The van der Waals surface area contributed by atoms with Crippen LogP contribution in [0, 0.1) is 0 Å². The van der Waals surface area contributed by atoms with Crippen molar-refractivity contribution in [3.63, 3.8) is 0 Å². The molecule has 3 rings (SSSR count). The summed E-state index contributed by atoms with van der Waals surface area (Å²) in [4.78, 5) is 0. The van der Waals surface area contributed by atoms with E-state index in [4.69, 9.17) is 5.10 Å². The van der Waals surface area contributed by atoms with E-state index in [2.05, 4.69) is 22.3 Å². The van der Waals surface area contributed by atoms with Crippen LogP contribution in [0.2, 0.25) is 0 Å². The van der Waals surface area contributed by atoms with Crippen LogP contribution in [0.3, 0.4) is 0 Å². The molecule has 0 aliphatic heterocycles. The van der Waals surface area contributed by atoms with Crippen molar-refractivity contribution in [1.29, 1.82) is 0 Å². The van der Waals surface area contributed by atoms with Gasteiger partial charge in [0.25, 0.3) is 0 Å². The normalized spacial score (nSPS) is 22.6. The molecule has 2 aliphatic carbocycles. The van der Waals surface area contributed by atoms with Gasteiger partial charge in [0.15, 0.2) is 0 Å². The second kappa shape index (κ2) is 5.21. The molecule has 0 unspecified atom stereocenters. The average molecular weight is 233 g/mol. The fourth-order valence-electron chi connectivity index (χ4n) is 2.88. The van der Waals surface area contributed by atoms with Gasteiger partial charge in [-0.3, -0.25) is 4.68 Å². The standard InChI is InChI=1S/C14H23N3/c1-2-7-14(8-3-1)17-10-9-13(16-17)11-15-12-5-4-6-12/h9-10,12,14-15H,1-8,11H2. The minimum Gasteiger partial charge on any atom is -0.308 e. The van der Waals surface area contributed by atoms with E-state index in [0.717, 1.165) is 12.6 Å². The molecular weight excluding hydrogens is 210 g/mol. The highest BCUT2D eigenvalue weighted by Crippen LogP contribution is 2.27. The first kappa shape index (κ1) is 11.3. The zero-order valence-corrected chi connectivity index (χ0v) is 10.6. The number of hydrogen-bond acceptors (Lipinski definition) is 2. The Kier molecular flexibility index (Phi) is 3.46. The lowest BCUT2D eigenvalue weighted by atomic mass is 9.93. The third-order valence-corrected chi connectivity index (χ3v) is 4.29. The molecule has 0 saturated heterocycles. The van der Waals surface area contributed by atoms with E-state index in [1.165, 1.54) is 57.1 Å². The predicted octanol–water partition coefficient (Wildman–Crippen LogP) is 3.03. The van der Waals surface area contributed by atoms with Gasteiger partial charge >= 0.3 is 0 Å². The lowest BCUT2D eigenvalue weighted by molar-refractivity contribution is 0.321. The Labute approximate surface area is 104 Å². The topological polar surface area (TPSA) is 29.9 Å². The van der Waals surface area contributed by atoms with Crippen molar-refractivity contribution in [2.75, 3.05) is 0 Å². The molecule has 0 amide bonds. The van der Waals surface area contributed by atoms with Crippen molar-refractivity contribution < 1.29 is 0 Å². The monoisotopic (exact) mass is 233 g/mol. The molecule has 0 spiro atoms. The lowest BCUT2D eigenvalue weighted by Crippen LogP contribution is -2.34. The number of nitrogens with one attached hydrogen (secondary N) is 1. The van der Waals surface area contributed by atoms with Crippen molar-refractivity contribution in [2.24, 2.45) is 0 Å². The third-order valence-electron chi connectivity index (χ3n) is 4.29. The quantitative estimate of drug-likeness (QED) is 0.866. The third kappa shape index (κ3) is 2.71. The molecule has 0 radical (unpaired) electrons. The highest BCUT2D eigenvalue weighted by Gasteiger charge is 2.18. The highest BCUT2D eigenvalue weighted by atomic mass is 15.3. The van der Waals surface area contributed by atoms with E-state index in [-0.39, 0.29) is 0 Å². The Bertz CT molecular complexity index is 348. The first-order valence-electron chi connectivity index (χ1n) is 7.19. The first-order chi connectivity index (χ1) is 8.42. The number of hydrogen-bond donors (Lipinski definition) is 1. The minimum atomic E-state index is 0.668. The zero-order chi connectivity index (χ0) is 11.5. The SMILES string of the molecule is c1cn(C2CCCCC2)nc1CNC1CCC1. The molecule has 0 bridgehead atoms. The van der Waals surface area contributed by atoms with E-state index >= 15 is 0 Å². The van der Waals surface area contributed by atoms with E-state index in [9.17, 15) is 0 Å². The average Bonchev–Trinajstić information content (AvgIpc) is 2.77. The second-order valence-electron chi connectivity index (χ2n) is 5.59. The van der Waals surface area contributed by atoms with Crippen molar-refractivity contribution in [1.82, 2.24) is 15.1 Å². The highest BCUT2D eigenvalue weighted by molar-refractivity contribution is 5.00. The molecule has 1 N–H and O–H groups in total. The molecule has 1 heterocycles. The predicted molar refractivity (Wildman–Crippen MR) is 68.8 cm³/mol.